The van der Waals surface area contributed by atoms with Gasteiger partial charge in [0.1, 0.15) is 0 Å². The molecule has 0 aliphatic rings. The van der Waals surface area contributed by atoms with Gasteiger partial charge in [0.2, 0.25) is 15.9 Å². The summed E-state index contributed by atoms with van der Waals surface area (Å²) < 4.78 is 30.1. The first-order valence-electron chi connectivity index (χ1n) is 5.85. The molecule has 1 aromatic carbocycles. The summed E-state index contributed by atoms with van der Waals surface area (Å²) in [6.45, 7) is 1.83. The number of hydrogen-bond acceptors (Lipinski definition) is 5. The number of nitrogens with one attached hydrogen (secondary N) is 1. The molecule has 0 radical (unpaired) electrons. The van der Waals surface area contributed by atoms with Crippen molar-refractivity contribution in [1.29, 1.82) is 0 Å². The lowest BCUT2D eigenvalue weighted by Gasteiger charge is -2.09. The van der Waals surface area contributed by atoms with E-state index in [1.54, 1.807) is 18.2 Å². The van der Waals surface area contributed by atoms with E-state index in [0.717, 1.165) is 17.4 Å². The number of sulfonamides is 1. The van der Waals surface area contributed by atoms with Crippen molar-refractivity contribution < 1.29 is 13.2 Å². The first-order chi connectivity index (χ1) is 9.39. The second-order valence-corrected chi connectivity index (χ2v) is 6.11. The summed E-state index contributed by atoms with van der Waals surface area (Å²) in [5.41, 5.74) is 2.78. The molecular formula is C13H15N3O3S. The van der Waals surface area contributed by atoms with E-state index in [1.165, 1.54) is 7.11 Å². The lowest BCUT2D eigenvalue weighted by molar-refractivity contribution is 0.392. The summed E-state index contributed by atoms with van der Waals surface area (Å²) in [5, 5.41) is 7.92. The van der Waals surface area contributed by atoms with Crippen molar-refractivity contribution in [3.8, 4) is 17.1 Å². The van der Waals surface area contributed by atoms with E-state index in [1.807, 2.05) is 19.1 Å². The number of rotatable bonds is 4. The highest BCUT2D eigenvalue weighted by Gasteiger charge is 2.08. The molecule has 0 aliphatic carbocycles. The van der Waals surface area contributed by atoms with Crippen LogP contribution in [0, 0.1) is 6.92 Å². The summed E-state index contributed by atoms with van der Waals surface area (Å²) in [4.78, 5) is 0. The van der Waals surface area contributed by atoms with Crippen molar-refractivity contribution in [2.75, 3.05) is 18.1 Å². The zero-order chi connectivity index (χ0) is 14.8. The molecule has 0 saturated heterocycles. The van der Waals surface area contributed by atoms with Crippen LogP contribution >= 0.6 is 0 Å². The Balaban J connectivity index is 2.39. The number of anilines is 1. The fourth-order valence-corrected chi connectivity index (χ4v) is 2.29. The highest BCUT2D eigenvalue weighted by atomic mass is 32.2. The fraction of sp³-hybridized carbons (Fsp3) is 0.231. The molecule has 0 aliphatic heterocycles. The Morgan fingerprint density at radius 3 is 2.45 bits per heavy atom. The number of hydrogen-bond donors (Lipinski definition) is 1. The van der Waals surface area contributed by atoms with E-state index in [4.69, 9.17) is 4.74 Å². The van der Waals surface area contributed by atoms with Gasteiger partial charge in [-0.15, -0.1) is 10.2 Å². The number of nitrogens with zero attached hydrogens (tertiary/aromatic N) is 2. The van der Waals surface area contributed by atoms with Gasteiger partial charge in [-0.1, -0.05) is 12.1 Å². The van der Waals surface area contributed by atoms with Gasteiger partial charge in [0, 0.05) is 11.6 Å². The monoisotopic (exact) mass is 293 g/mol. The van der Waals surface area contributed by atoms with Crippen LogP contribution in [-0.2, 0) is 10.0 Å². The molecule has 6 nitrogen and oxygen atoms in total. The minimum atomic E-state index is -3.32. The molecule has 1 N–H and O–H groups in total. The Labute approximate surface area is 117 Å². The normalized spacial score (nSPS) is 11.2. The predicted molar refractivity (Wildman–Crippen MR) is 77.2 cm³/mol. The van der Waals surface area contributed by atoms with Crippen LogP contribution in [0.4, 0.5) is 5.69 Å². The van der Waals surface area contributed by atoms with E-state index < -0.39 is 10.0 Å². The molecule has 0 atom stereocenters. The highest BCUT2D eigenvalue weighted by Crippen LogP contribution is 2.24. The van der Waals surface area contributed by atoms with Crippen molar-refractivity contribution >= 4 is 15.7 Å². The van der Waals surface area contributed by atoms with Crippen molar-refractivity contribution in [1.82, 2.24) is 10.2 Å². The van der Waals surface area contributed by atoms with Gasteiger partial charge in [-0.2, -0.15) is 0 Å². The number of aromatic nitrogens is 2. The third-order valence-corrected chi connectivity index (χ3v) is 3.27. The molecule has 1 aromatic heterocycles. The number of methoxy groups -OCH3 is 1. The molecule has 7 heteroatoms. The van der Waals surface area contributed by atoms with Crippen molar-refractivity contribution in [2.45, 2.75) is 6.92 Å². The number of aryl methyl sites for hydroxylation is 1. The van der Waals surface area contributed by atoms with Gasteiger partial charge in [-0.25, -0.2) is 8.42 Å². The van der Waals surface area contributed by atoms with Crippen LogP contribution in [0.15, 0.2) is 30.3 Å². The summed E-state index contributed by atoms with van der Waals surface area (Å²) in [6.07, 6.45) is 1.12. The topological polar surface area (TPSA) is 81.2 Å². The summed E-state index contributed by atoms with van der Waals surface area (Å²) in [5.74, 6) is 0.426. The number of benzene rings is 1. The van der Waals surface area contributed by atoms with Crippen molar-refractivity contribution in [3.05, 3.63) is 35.9 Å². The average Bonchev–Trinajstić information content (AvgIpc) is 2.40. The number of ether oxygens (including phenoxy) is 1. The largest absolute Gasteiger partial charge is 0.480 e. The van der Waals surface area contributed by atoms with Crippen LogP contribution in [0.5, 0.6) is 5.88 Å². The maximum atomic E-state index is 11.3. The molecule has 1 heterocycles. The first kappa shape index (κ1) is 14.3. The van der Waals surface area contributed by atoms with Gasteiger partial charge in [0.05, 0.1) is 24.7 Å². The van der Waals surface area contributed by atoms with Crippen molar-refractivity contribution in [2.24, 2.45) is 0 Å². The zero-order valence-electron chi connectivity index (χ0n) is 11.4. The smallest absolute Gasteiger partial charge is 0.233 e. The molecule has 0 bridgehead atoms. The van der Waals surface area contributed by atoms with Crippen LogP contribution in [0.2, 0.25) is 0 Å². The van der Waals surface area contributed by atoms with Crippen LogP contribution in [0.1, 0.15) is 5.56 Å². The Morgan fingerprint density at radius 2 is 1.90 bits per heavy atom. The lowest BCUT2D eigenvalue weighted by atomic mass is 10.1. The Bertz CT molecular complexity index is 712. The van der Waals surface area contributed by atoms with E-state index in [0.29, 0.717) is 17.3 Å². The predicted octanol–water partition coefficient (Wildman–Crippen LogP) is 1.83. The molecule has 0 unspecified atom stereocenters. The highest BCUT2D eigenvalue weighted by molar-refractivity contribution is 7.92. The molecule has 0 amide bonds. The second kappa shape index (κ2) is 5.46. The second-order valence-electron chi connectivity index (χ2n) is 4.36. The lowest BCUT2D eigenvalue weighted by Crippen LogP contribution is -2.10. The molecular weight excluding hydrogens is 278 g/mol. The maximum absolute atomic E-state index is 11.3. The van der Waals surface area contributed by atoms with Gasteiger partial charge >= 0.3 is 0 Å². The van der Waals surface area contributed by atoms with Gasteiger partial charge in [0.15, 0.2) is 0 Å². The summed E-state index contributed by atoms with van der Waals surface area (Å²) in [6, 6.07) is 8.88. The average molecular weight is 293 g/mol. The van der Waals surface area contributed by atoms with Gasteiger partial charge < -0.3 is 4.74 Å². The molecule has 2 aromatic rings. The van der Waals surface area contributed by atoms with E-state index in [2.05, 4.69) is 14.9 Å². The van der Waals surface area contributed by atoms with Crippen LogP contribution in [0.3, 0.4) is 0 Å². The quantitative estimate of drug-likeness (QED) is 0.930. The third-order valence-electron chi connectivity index (χ3n) is 2.68. The Kier molecular flexibility index (Phi) is 3.89. The van der Waals surface area contributed by atoms with Crippen LogP contribution in [-0.4, -0.2) is 32.0 Å². The van der Waals surface area contributed by atoms with Crippen molar-refractivity contribution in [3.63, 3.8) is 0 Å². The van der Waals surface area contributed by atoms with Gasteiger partial charge in [-0.3, -0.25) is 4.72 Å². The molecule has 0 spiro atoms. The maximum Gasteiger partial charge on any atom is 0.233 e. The minimum absolute atomic E-state index is 0.426. The Hall–Kier alpha value is -2.15. The standard InChI is InChI=1S/C13H15N3O3S/c1-9-4-5-10(8-12(9)16-20(3,17)18)11-6-7-13(19-2)15-14-11/h4-8,16H,1-3H3. The van der Waals surface area contributed by atoms with Crippen LogP contribution < -0.4 is 9.46 Å². The minimum Gasteiger partial charge on any atom is -0.480 e. The third kappa shape index (κ3) is 3.45. The SMILES string of the molecule is COc1ccc(-c2ccc(C)c(NS(C)(=O)=O)c2)nn1. The van der Waals surface area contributed by atoms with E-state index >= 15 is 0 Å². The molecule has 106 valence electrons. The van der Waals surface area contributed by atoms with Gasteiger partial charge in [0.25, 0.3) is 0 Å². The fourth-order valence-electron chi connectivity index (χ4n) is 1.67. The molecule has 20 heavy (non-hydrogen) atoms. The van der Waals surface area contributed by atoms with Crippen LogP contribution in [0.25, 0.3) is 11.3 Å². The first-order valence-corrected chi connectivity index (χ1v) is 7.75. The zero-order valence-corrected chi connectivity index (χ0v) is 12.2. The van der Waals surface area contributed by atoms with E-state index in [9.17, 15) is 8.42 Å². The summed E-state index contributed by atoms with van der Waals surface area (Å²) >= 11 is 0. The molecule has 0 saturated carbocycles. The van der Waals surface area contributed by atoms with Gasteiger partial charge in [-0.05, 0) is 24.6 Å². The Morgan fingerprint density at radius 1 is 1.15 bits per heavy atom. The molecule has 0 fully saturated rings. The summed E-state index contributed by atoms with van der Waals surface area (Å²) in [7, 11) is -1.80. The molecule has 2 rings (SSSR count). The van der Waals surface area contributed by atoms with E-state index in [-0.39, 0.29) is 0 Å².